The monoisotopic (exact) mass is 340 g/mol. The van der Waals surface area contributed by atoms with Gasteiger partial charge in [0.2, 0.25) is 0 Å². The van der Waals surface area contributed by atoms with Crippen molar-refractivity contribution in [3.05, 3.63) is 64.5 Å². The number of nitrogens with zero attached hydrogens (tertiary/aromatic N) is 2. The zero-order valence-electron chi connectivity index (χ0n) is 13.6. The molecule has 124 valence electrons. The van der Waals surface area contributed by atoms with Crippen LogP contribution in [0.1, 0.15) is 35.7 Å². The first-order chi connectivity index (χ1) is 11.8. The number of benzene rings is 1. The van der Waals surface area contributed by atoms with Gasteiger partial charge in [0.1, 0.15) is 5.56 Å². The molecule has 0 atom stereocenters. The lowest BCUT2D eigenvalue weighted by Gasteiger charge is -2.22. The third kappa shape index (κ3) is 3.74. The predicted octanol–water partition coefficient (Wildman–Crippen LogP) is 4.85. The lowest BCUT2D eigenvalue weighted by atomic mass is 10.1. The van der Waals surface area contributed by atoms with Crippen LogP contribution >= 0.6 is 11.3 Å². The molecule has 1 aromatic carbocycles. The second-order valence-electron chi connectivity index (χ2n) is 5.65. The Kier molecular flexibility index (Phi) is 5.43. The van der Waals surface area contributed by atoms with Crippen LogP contribution in [0.2, 0.25) is 0 Å². The highest BCUT2D eigenvalue weighted by molar-refractivity contribution is 7.07. The summed E-state index contributed by atoms with van der Waals surface area (Å²) in [5.74, 6) is 0.502. The number of amides is 1. The van der Waals surface area contributed by atoms with E-state index in [2.05, 4.69) is 23.5 Å². The molecule has 0 aliphatic rings. The SMILES string of the molecule is CCCCN(Cc1ccsc1)C(=O)c1cnoc1-c1ccccc1. The minimum Gasteiger partial charge on any atom is -0.355 e. The molecule has 24 heavy (non-hydrogen) atoms. The number of carbonyl (C=O) groups is 1. The topological polar surface area (TPSA) is 46.3 Å². The van der Waals surface area contributed by atoms with Crippen LogP contribution in [0.4, 0.5) is 0 Å². The molecule has 2 aromatic heterocycles. The number of aromatic nitrogens is 1. The van der Waals surface area contributed by atoms with Crippen molar-refractivity contribution in [2.75, 3.05) is 6.54 Å². The molecule has 0 radical (unpaired) electrons. The third-order valence-electron chi connectivity index (χ3n) is 3.86. The summed E-state index contributed by atoms with van der Waals surface area (Å²) in [7, 11) is 0. The molecule has 0 aliphatic carbocycles. The van der Waals surface area contributed by atoms with Gasteiger partial charge >= 0.3 is 0 Å². The molecule has 3 rings (SSSR count). The molecule has 1 amide bonds. The highest BCUT2D eigenvalue weighted by Crippen LogP contribution is 2.25. The molecule has 0 bridgehead atoms. The molecule has 0 unspecified atom stereocenters. The van der Waals surface area contributed by atoms with E-state index in [4.69, 9.17) is 4.52 Å². The lowest BCUT2D eigenvalue weighted by molar-refractivity contribution is 0.0741. The number of hydrogen-bond acceptors (Lipinski definition) is 4. The van der Waals surface area contributed by atoms with Crippen LogP contribution in [0.3, 0.4) is 0 Å². The van der Waals surface area contributed by atoms with E-state index in [1.807, 2.05) is 40.6 Å². The molecular formula is C19H20N2O2S. The van der Waals surface area contributed by atoms with Crippen molar-refractivity contribution in [2.45, 2.75) is 26.3 Å². The van der Waals surface area contributed by atoms with Gasteiger partial charge in [-0.25, -0.2) is 0 Å². The fourth-order valence-electron chi connectivity index (χ4n) is 2.56. The van der Waals surface area contributed by atoms with Crippen molar-refractivity contribution in [3.63, 3.8) is 0 Å². The van der Waals surface area contributed by atoms with Gasteiger partial charge in [0.15, 0.2) is 5.76 Å². The maximum Gasteiger partial charge on any atom is 0.259 e. The van der Waals surface area contributed by atoms with E-state index < -0.39 is 0 Å². The molecule has 2 heterocycles. The summed E-state index contributed by atoms with van der Waals surface area (Å²) in [4.78, 5) is 14.9. The Morgan fingerprint density at radius 1 is 1.25 bits per heavy atom. The normalized spacial score (nSPS) is 10.7. The van der Waals surface area contributed by atoms with Gasteiger partial charge in [-0.15, -0.1) is 0 Å². The van der Waals surface area contributed by atoms with Crippen molar-refractivity contribution in [2.24, 2.45) is 0 Å². The van der Waals surface area contributed by atoms with Crippen LogP contribution in [-0.2, 0) is 6.54 Å². The summed E-state index contributed by atoms with van der Waals surface area (Å²) < 4.78 is 5.37. The molecule has 3 aromatic rings. The van der Waals surface area contributed by atoms with Crippen LogP contribution in [0.25, 0.3) is 11.3 Å². The summed E-state index contributed by atoms with van der Waals surface area (Å²) in [6.07, 6.45) is 3.54. The van der Waals surface area contributed by atoms with Gasteiger partial charge in [-0.3, -0.25) is 4.79 Å². The Labute approximate surface area is 145 Å². The highest BCUT2D eigenvalue weighted by atomic mass is 32.1. The summed E-state index contributed by atoms with van der Waals surface area (Å²) in [5, 5.41) is 7.97. The Morgan fingerprint density at radius 2 is 2.08 bits per heavy atom. The van der Waals surface area contributed by atoms with Gasteiger partial charge in [0, 0.05) is 18.7 Å². The Balaban J connectivity index is 1.86. The third-order valence-corrected chi connectivity index (χ3v) is 4.59. The highest BCUT2D eigenvalue weighted by Gasteiger charge is 2.23. The lowest BCUT2D eigenvalue weighted by Crippen LogP contribution is -2.31. The summed E-state index contributed by atoms with van der Waals surface area (Å²) >= 11 is 1.65. The van der Waals surface area contributed by atoms with Gasteiger partial charge in [-0.05, 0) is 28.8 Å². The van der Waals surface area contributed by atoms with Gasteiger partial charge in [0.25, 0.3) is 5.91 Å². The molecule has 5 heteroatoms. The summed E-state index contributed by atoms with van der Waals surface area (Å²) in [6.45, 7) is 3.47. The Morgan fingerprint density at radius 3 is 2.79 bits per heavy atom. The smallest absolute Gasteiger partial charge is 0.259 e. The van der Waals surface area contributed by atoms with Crippen molar-refractivity contribution in [1.82, 2.24) is 10.1 Å². The van der Waals surface area contributed by atoms with E-state index >= 15 is 0 Å². The molecule has 0 aliphatic heterocycles. The number of unbranched alkanes of at least 4 members (excludes halogenated alkanes) is 1. The van der Waals surface area contributed by atoms with Gasteiger partial charge < -0.3 is 9.42 Å². The minimum atomic E-state index is -0.0326. The number of rotatable bonds is 7. The molecular weight excluding hydrogens is 320 g/mol. The second-order valence-corrected chi connectivity index (χ2v) is 6.43. The largest absolute Gasteiger partial charge is 0.355 e. The average Bonchev–Trinajstić information content (AvgIpc) is 3.30. The maximum atomic E-state index is 13.1. The molecule has 0 saturated carbocycles. The molecule has 0 saturated heterocycles. The predicted molar refractivity (Wildman–Crippen MR) is 95.9 cm³/mol. The van der Waals surface area contributed by atoms with Crippen molar-refractivity contribution in [1.29, 1.82) is 0 Å². The Bertz CT molecular complexity index is 766. The zero-order chi connectivity index (χ0) is 16.8. The van der Waals surface area contributed by atoms with Gasteiger partial charge in [0.05, 0.1) is 6.20 Å². The van der Waals surface area contributed by atoms with E-state index in [1.165, 1.54) is 6.20 Å². The fourth-order valence-corrected chi connectivity index (χ4v) is 3.22. The molecule has 0 spiro atoms. The van der Waals surface area contributed by atoms with E-state index in [-0.39, 0.29) is 5.91 Å². The average molecular weight is 340 g/mol. The van der Waals surface area contributed by atoms with E-state index in [0.29, 0.717) is 17.9 Å². The summed E-state index contributed by atoms with van der Waals surface area (Å²) in [5.41, 5.74) is 2.54. The van der Waals surface area contributed by atoms with Crippen LogP contribution in [0, 0.1) is 0 Å². The maximum absolute atomic E-state index is 13.1. The van der Waals surface area contributed by atoms with Gasteiger partial charge in [-0.2, -0.15) is 11.3 Å². The first kappa shape index (κ1) is 16.5. The zero-order valence-corrected chi connectivity index (χ0v) is 14.5. The van der Waals surface area contributed by atoms with E-state index in [9.17, 15) is 4.79 Å². The Hall–Kier alpha value is -2.40. The van der Waals surface area contributed by atoms with Crippen molar-refractivity contribution < 1.29 is 9.32 Å². The van der Waals surface area contributed by atoms with E-state index in [1.54, 1.807) is 11.3 Å². The van der Waals surface area contributed by atoms with Crippen LogP contribution in [0.15, 0.2) is 57.9 Å². The second kappa shape index (κ2) is 7.93. The van der Waals surface area contributed by atoms with E-state index in [0.717, 1.165) is 30.5 Å². The van der Waals surface area contributed by atoms with Crippen LogP contribution in [-0.4, -0.2) is 22.5 Å². The van der Waals surface area contributed by atoms with Crippen LogP contribution < -0.4 is 0 Å². The summed E-state index contributed by atoms with van der Waals surface area (Å²) in [6, 6.07) is 11.7. The van der Waals surface area contributed by atoms with Crippen molar-refractivity contribution >= 4 is 17.2 Å². The number of carbonyl (C=O) groups excluding carboxylic acids is 1. The molecule has 0 fully saturated rings. The minimum absolute atomic E-state index is 0.0326. The fraction of sp³-hybridized carbons (Fsp3) is 0.263. The number of thiophene rings is 1. The molecule has 4 nitrogen and oxygen atoms in total. The van der Waals surface area contributed by atoms with Gasteiger partial charge in [-0.1, -0.05) is 48.8 Å². The first-order valence-corrected chi connectivity index (χ1v) is 9.04. The molecule has 0 N–H and O–H groups in total. The first-order valence-electron chi connectivity index (χ1n) is 8.10. The standard InChI is InChI=1S/C19H20N2O2S/c1-2-3-10-21(13-15-9-11-24-14-15)19(22)17-12-20-23-18(17)16-7-5-4-6-8-16/h4-9,11-12,14H,2-3,10,13H2,1H3. The van der Waals surface area contributed by atoms with Crippen LogP contribution in [0.5, 0.6) is 0 Å². The quantitative estimate of drug-likeness (QED) is 0.618. The van der Waals surface area contributed by atoms with Crippen molar-refractivity contribution in [3.8, 4) is 11.3 Å². The number of hydrogen-bond donors (Lipinski definition) is 0.